The maximum atomic E-state index is 11.9. The van der Waals surface area contributed by atoms with Gasteiger partial charge in [0.05, 0.1) is 0 Å². The number of benzene rings is 1. The largest absolute Gasteiger partial charge is 0.595 e. The van der Waals surface area contributed by atoms with Crippen molar-refractivity contribution in [3.05, 3.63) is 28.4 Å². The molecule has 110 valence electrons. The van der Waals surface area contributed by atoms with Gasteiger partial charge in [-0.05, 0) is 12.1 Å². The van der Waals surface area contributed by atoms with Crippen molar-refractivity contribution in [2.75, 3.05) is 5.32 Å². The molecule has 20 heavy (non-hydrogen) atoms. The van der Waals surface area contributed by atoms with E-state index in [9.17, 15) is 28.0 Å². The van der Waals surface area contributed by atoms with Crippen molar-refractivity contribution in [1.29, 1.82) is 0 Å². The average molecular weight is 314 g/mol. The van der Waals surface area contributed by atoms with Crippen LogP contribution < -0.4 is 15.9 Å². The molecule has 0 radical (unpaired) electrons. The van der Waals surface area contributed by atoms with Gasteiger partial charge in [0.1, 0.15) is 5.69 Å². The lowest BCUT2D eigenvalue weighted by atomic mass is 10.2. The van der Waals surface area contributed by atoms with Gasteiger partial charge in [0.25, 0.3) is 0 Å². The van der Waals surface area contributed by atoms with Crippen LogP contribution in [-0.4, -0.2) is 23.3 Å². The zero-order valence-electron chi connectivity index (χ0n) is 9.42. The average Bonchev–Trinajstić information content (AvgIpc) is 2.29. The summed E-state index contributed by atoms with van der Waals surface area (Å²) >= 11 is 5.55. The lowest BCUT2D eigenvalue weighted by Crippen LogP contribution is -2.99. The number of anilines is 1. The van der Waals surface area contributed by atoms with Crippen molar-refractivity contribution in [3.63, 3.8) is 0 Å². The number of rotatable bonds is 2. The molecule has 0 heterocycles. The summed E-state index contributed by atoms with van der Waals surface area (Å²) in [6.45, 7) is 0. The minimum atomic E-state index is -5.23. The third-order valence-corrected chi connectivity index (χ3v) is 2.18. The number of hydrogen-bond acceptors (Lipinski definition) is 4. The molecular weight excluding hydrogens is 307 g/mol. The Morgan fingerprint density at radius 3 is 2.45 bits per heavy atom. The first-order valence-electron chi connectivity index (χ1n) is 4.83. The zero-order chi connectivity index (χ0) is 15.5. The van der Waals surface area contributed by atoms with Crippen LogP contribution >= 0.6 is 11.6 Å². The molecule has 0 saturated heterocycles. The standard InChI is InChI=1S/C9H7ClF3N3O4/c10-4-1-2-5(6(3-4)16(19)20)14-8(18)15-7(17)9(11,12)13/h1-3,16,19H,(H2,14,15,17,18). The SMILES string of the molecule is O=C(NC(=O)C(F)(F)F)Nc1ccc(Cl)cc1[NH+]([O-])O. The molecule has 1 rings (SSSR count). The highest BCUT2D eigenvalue weighted by molar-refractivity contribution is 6.31. The first-order valence-corrected chi connectivity index (χ1v) is 5.21. The maximum Gasteiger partial charge on any atom is 0.471 e. The minimum absolute atomic E-state index is 0.0553. The third-order valence-electron chi connectivity index (χ3n) is 1.94. The van der Waals surface area contributed by atoms with Gasteiger partial charge >= 0.3 is 18.1 Å². The number of hydrogen-bond donors (Lipinski definition) is 4. The number of urea groups is 1. The first kappa shape index (κ1) is 16.2. The number of alkyl halides is 3. The second kappa shape index (κ2) is 6.05. The highest BCUT2D eigenvalue weighted by Crippen LogP contribution is 2.22. The highest BCUT2D eigenvalue weighted by atomic mass is 35.5. The number of nitrogens with one attached hydrogen (secondary N) is 3. The molecule has 0 aliphatic heterocycles. The summed E-state index contributed by atoms with van der Waals surface area (Å²) in [5.41, 5.74) is -0.749. The lowest BCUT2D eigenvalue weighted by molar-refractivity contribution is -0.990. The molecule has 0 aliphatic carbocycles. The molecule has 1 aromatic rings. The van der Waals surface area contributed by atoms with Gasteiger partial charge in [-0.2, -0.15) is 18.4 Å². The van der Waals surface area contributed by atoms with Gasteiger partial charge in [-0.1, -0.05) is 11.6 Å². The molecule has 1 unspecified atom stereocenters. The molecule has 0 fully saturated rings. The van der Waals surface area contributed by atoms with Crippen molar-refractivity contribution in [3.8, 4) is 0 Å². The zero-order valence-corrected chi connectivity index (χ0v) is 10.2. The van der Waals surface area contributed by atoms with Crippen LogP contribution in [0.1, 0.15) is 0 Å². The van der Waals surface area contributed by atoms with Gasteiger partial charge in [0, 0.05) is 11.1 Å². The third kappa shape index (κ3) is 4.35. The summed E-state index contributed by atoms with van der Waals surface area (Å²) in [6, 6.07) is 1.76. The normalized spacial score (nSPS) is 12.7. The monoisotopic (exact) mass is 313 g/mol. The van der Waals surface area contributed by atoms with Crippen LogP contribution in [0, 0.1) is 5.21 Å². The number of amides is 3. The van der Waals surface area contributed by atoms with E-state index in [-0.39, 0.29) is 10.7 Å². The van der Waals surface area contributed by atoms with Crippen molar-refractivity contribution < 1.29 is 33.2 Å². The molecule has 0 spiro atoms. The Morgan fingerprint density at radius 1 is 1.35 bits per heavy atom. The van der Waals surface area contributed by atoms with Crippen molar-refractivity contribution in [2.45, 2.75) is 6.18 Å². The van der Waals surface area contributed by atoms with E-state index in [4.69, 9.17) is 16.8 Å². The molecule has 1 atom stereocenters. The molecule has 1 aromatic carbocycles. The van der Waals surface area contributed by atoms with Crippen LogP contribution in [0.3, 0.4) is 0 Å². The van der Waals surface area contributed by atoms with Gasteiger partial charge in [-0.3, -0.25) is 10.1 Å². The van der Waals surface area contributed by atoms with Crippen LogP contribution in [0.15, 0.2) is 18.2 Å². The Kier molecular flexibility index (Phi) is 4.89. The van der Waals surface area contributed by atoms with Gasteiger partial charge < -0.3 is 10.5 Å². The van der Waals surface area contributed by atoms with Crippen LogP contribution in [0.25, 0.3) is 0 Å². The Bertz CT molecular complexity index is 536. The molecule has 11 heteroatoms. The minimum Gasteiger partial charge on any atom is -0.595 e. The molecule has 0 bridgehead atoms. The fourth-order valence-corrected chi connectivity index (χ4v) is 1.30. The Balaban J connectivity index is 2.84. The van der Waals surface area contributed by atoms with Gasteiger partial charge in [-0.25, -0.2) is 10.0 Å². The maximum absolute atomic E-state index is 11.9. The summed E-state index contributed by atoms with van der Waals surface area (Å²) in [6.07, 6.45) is -5.23. The fourth-order valence-electron chi connectivity index (χ4n) is 1.13. The number of imide groups is 1. The second-order valence-corrected chi connectivity index (χ2v) is 3.84. The number of quaternary nitrogens is 1. The second-order valence-electron chi connectivity index (χ2n) is 3.40. The first-order chi connectivity index (χ1) is 9.11. The molecule has 0 saturated carbocycles. The summed E-state index contributed by atoms with van der Waals surface area (Å²) in [4.78, 5) is 21.7. The van der Waals surface area contributed by atoms with E-state index in [0.717, 1.165) is 17.4 Å². The topological polar surface area (TPSA) is 106 Å². The number of halogens is 4. The van der Waals surface area contributed by atoms with Crippen molar-refractivity contribution >= 4 is 34.9 Å². The van der Waals surface area contributed by atoms with Gasteiger partial charge in [-0.15, -0.1) is 0 Å². The van der Waals surface area contributed by atoms with E-state index in [2.05, 4.69) is 0 Å². The van der Waals surface area contributed by atoms with Crippen LogP contribution in [0.2, 0.25) is 5.02 Å². The van der Waals surface area contributed by atoms with E-state index < -0.39 is 29.0 Å². The van der Waals surface area contributed by atoms with E-state index >= 15 is 0 Å². The fraction of sp³-hybridized carbons (Fsp3) is 0.111. The quantitative estimate of drug-likeness (QED) is 0.610. The lowest BCUT2D eigenvalue weighted by Gasteiger charge is -2.16. The molecule has 0 aromatic heterocycles. The van der Waals surface area contributed by atoms with Crippen LogP contribution in [-0.2, 0) is 4.79 Å². The van der Waals surface area contributed by atoms with E-state index in [1.165, 1.54) is 6.07 Å². The predicted octanol–water partition coefficient (Wildman–Crippen LogP) is 0.954. The van der Waals surface area contributed by atoms with E-state index in [1.807, 2.05) is 5.32 Å². The smallest absolute Gasteiger partial charge is 0.471 e. The van der Waals surface area contributed by atoms with Crippen LogP contribution in [0.4, 0.5) is 29.3 Å². The van der Waals surface area contributed by atoms with E-state index in [1.54, 1.807) is 0 Å². The molecular formula is C9H7ClF3N3O4. The summed E-state index contributed by atoms with van der Waals surface area (Å²) in [5.74, 6) is -2.47. The Morgan fingerprint density at radius 2 is 1.95 bits per heavy atom. The molecule has 7 nitrogen and oxygen atoms in total. The van der Waals surface area contributed by atoms with Crippen molar-refractivity contribution in [2.24, 2.45) is 0 Å². The molecule has 3 amide bonds. The van der Waals surface area contributed by atoms with Gasteiger partial charge in [0.15, 0.2) is 5.69 Å². The Hall–Kier alpha value is -1.88. The van der Waals surface area contributed by atoms with Crippen LogP contribution in [0.5, 0.6) is 0 Å². The van der Waals surface area contributed by atoms with E-state index in [0.29, 0.717) is 0 Å². The van der Waals surface area contributed by atoms with Crippen molar-refractivity contribution in [1.82, 2.24) is 5.32 Å². The summed E-state index contributed by atoms with van der Waals surface area (Å²) < 4.78 is 35.7. The summed E-state index contributed by atoms with van der Waals surface area (Å²) in [5, 5.41) is 21.1. The predicted molar refractivity (Wildman–Crippen MR) is 60.4 cm³/mol. The summed E-state index contributed by atoms with van der Waals surface area (Å²) in [7, 11) is 0. The molecule has 0 aliphatic rings. The number of carbonyl (C=O) groups is 2. The Labute approximate surface area is 114 Å². The number of carbonyl (C=O) groups excluding carboxylic acids is 2. The molecule has 4 N–H and O–H groups in total. The highest BCUT2D eigenvalue weighted by Gasteiger charge is 2.39. The van der Waals surface area contributed by atoms with Gasteiger partial charge in [0.2, 0.25) is 0 Å².